The van der Waals surface area contributed by atoms with Gasteiger partial charge in [0.15, 0.2) is 5.75 Å². The molecule has 3 nitrogen and oxygen atoms in total. The van der Waals surface area contributed by atoms with Gasteiger partial charge >= 0.3 is 6.18 Å². The number of hydrogen-bond donors (Lipinski definition) is 1. The normalized spacial score (nSPS) is 16.5. The third-order valence-electron chi connectivity index (χ3n) is 2.07. The summed E-state index contributed by atoms with van der Waals surface area (Å²) in [6, 6.07) is 0. The molecular weight excluding hydrogens is 209 g/mol. The van der Waals surface area contributed by atoms with Crippen molar-refractivity contribution in [2.24, 2.45) is 0 Å². The quantitative estimate of drug-likeness (QED) is 0.827. The summed E-state index contributed by atoms with van der Waals surface area (Å²) in [5.41, 5.74) is 4.03. The monoisotopic (exact) mass is 218 g/mol. The zero-order chi connectivity index (χ0) is 11.1. The summed E-state index contributed by atoms with van der Waals surface area (Å²) >= 11 is 0. The highest BCUT2D eigenvalue weighted by Gasteiger charge is 2.35. The molecule has 0 atom stereocenters. The number of ether oxygens (including phenoxy) is 1. The number of alkyl halides is 3. The Labute approximate surface area is 84.1 Å². The largest absolute Gasteiger partial charge is 0.487 e. The van der Waals surface area contributed by atoms with E-state index in [4.69, 9.17) is 10.5 Å². The van der Waals surface area contributed by atoms with E-state index in [1.165, 1.54) is 6.20 Å². The number of anilines is 1. The van der Waals surface area contributed by atoms with Gasteiger partial charge in [0, 0.05) is 6.20 Å². The summed E-state index contributed by atoms with van der Waals surface area (Å²) in [4.78, 5) is 3.47. The van der Waals surface area contributed by atoms with Gasteiger partial charge in [-0.25, -0.2) is 0 Å². The van der Waals surface area contributed by atoms with Gasteiger partial charge < -0.3 is 10.5 Å². The maximum atomic E-state index is 12.4. The molecule has 2 N–H and O–H groups in total. The molecule has 0 bridgehead atoms. The van der Waals surface area contributed by atoms with Crippen molar-refractivity contribution in [1.82, 2.24) is 4.98 Å². The Balaban J connectivity index is 2.31. The molecule has 0 aliphatic heterocycles. The minimum Gasteiger partial charge on any atom is -0.487 e. The lowest BCUT2D eigenvalue weighted by Crippen LogP contribution is -2.11. The fourth-order valence-corrected chi connectivity index (χ4v) is 1.14. The molecule has 82 valence electrons. The average molecular weight is 218 g/mol. The number of nitrogens with zero attached hydrogens (tertiary/aromatic N) is 1. The van der Waals surface area contributed by atoms with Crippen LogP contribution in [0.3, 0.4) is 0 Å². The van der Waals surface area contributed by atoms with Gasteiger partial charge in [0.05, 0.1) is 18.0 Å². The van der Waals surface area contributed by atoms with Crippen molar-refractivity contribution in [2.45, 2.75) is 25.1 Å². The van der Waals surface area contributed by atoms with Crippen molar-refractivity contribution in [3.8, 4) is 5.75 Å². The number of hydrogen-bond acceptors (Lipinski definition) is 3. The molecule has 0 saturated heterocycles. The van der Waals surface area contributed by atoms with E-state index in [0.29, 0.717) is 6.20 Å². The highest BCUT2D eigenvalue weighted by molar-refractivity contribution is 5.57. The number of nitrogen functional groups attached to an aromatic ring is 1. The van der Waals surface area contributed by atoms with Gasteiger partial charge in [-0.15, -0.1) is 0 Å². The van der Waals surface area contributed by atoms with Crippen molar-refractivity contribution in [2.75, 3.05) is 5.73 Å². The van der Waals surface area contributed by atoms with Crippen molar-refractivity contribution < 1.29 is 17.9 Å². The van der Waals surface area contributed by atoms with Crippen molar-refractivity contribution in [3.05, 3.63) is 18.0 Å². The molecule has 0 spiro atoms. The second-order valence-electron chi connectivity index (χ2n) is 3.41. The fraction of sp³-hybridized carbons (Fsp3) is 0.444. The first kappa shape index (κ1) is 10.1. The van der Waals surface area contributed by atoms with E-state index < -0.39 is 11.7 Å². The second kappa shape index (κ2) is 3.29. The second-order valence-corrected chi connectivity index (χ2v) is 3.41. The zero-order valence-electron chi connectivity index (χ0n) is 7.71. The Kier molecular flexibility index (Phi) is 2.21. The van der Waals surface area contributed by atoms with Gasteiger partial charge in [0.1, 0.15) is 5.56 Å². The van der Waals surface area contributed by atoms with Gasteiger partial charge in [0.25, 0.3) is 0 Å². The maximum Gasteiger partial charge on any atom is 0.420 e. The molecular formula is C9H9F3N2O. The summed E-state index contributed by atoms with van der Waals surface area (Å²) in [6.07, 6.45) is -0.860. The molecule has 0 amide bonds. The summed E-state index contributed by atoms with van der Waals surface area (Å²) in [5, 5.41) is 0. The number of rotatable bonds is 2. The molecule has 0 radical (unpaired) electrons. The van der Waals surface area contributed by atoms with Crippen molar-refractivity contribution >= 4 is 5.69 Å². The van der Waals surface area contributed by atoms with Crippen LogP contribution >= 0.6 is 0 Å². The van der Waals surface area contributed by atoms with E-state index in [-0.39, 0.29) is 17.5 Å². The van der Waals surface area contributed by atoms with E-state index in [1.807, 2.05) is 0 Å². The average Bonchev–Trinajstić information content (AvgIpc) is 2.90. The molecule has 1 aromatic rings. The summed E-state index contributed by atoms with van der Waals surface area (Å²) in [7, 11) is 0. The molecule has 1 heterocycles. The van der Waals surface area contributed by atoms with Gasteiger partial charge in [-0.2, -0.15) is 13.2 Å². The Morgan fingerprint density at radius 3 is 2.53 bits per heavy atom. The molecule has 1 aliphatic carbocycles. The third-order valence-corrected chi connectivity index (χ3v) is 2.07. The van der Waals surface area contributed by atoms with Crippen LogP contribution in [0.25, 0.3) is 0 Å². The predicted octanol–water partition coefficient (Wildman–Crippen LogP) is 2.22. The van der Waals surface area contributed by atoms with Gasteiger partial charge in [-0.1, -0.05) is 0 Å². The lowest BCUT2D eigenvalue weighted by Gasteiger charge is -2.12. The number of pyridine rings is 1. The van der Waals surface area contributed by atoms with Crippen LogP contribution in [-0.2, 0) is 6.18 Å². The van der Waals surface area contributed by atoms with Gasteiger partial charge in [0.2, 0.25) is 0 Å². The number of nitrogens with two attached hydrogens (primary N) is 1. The van der Waals surface area contributed by atoms with Crippen LogP contribution in [0.2, 0.25) is 0 Å². The van der Waals surface area contributed by atoms with Crippen LogP contribution in [0.1, 0.15) is 18.4 Å². The molecule has 1 aromatic heterocycles. The highest BCUT2D eigenvalue weighted by Crippen LogP contribution is 2.38. The smallest absolute Gasteiger partial charge is 0.420 e. The molecule has 0 unspecified atom stereocenters. The lowest BCUT2D eigenvalue weighted by atomic mass is 10.2. The molecule has 15 heavy (non-hydrogen) atoms. The van der Waals surface area contributed by atoms with Crippen LogP contribution in [-0.4, -0.2) is 11.1 Å². The van der Waals surface area contributed by atoms with Crippen molar-refractivity contribution in [3.63, 3.8) is 0 Å². The zero-order valence-corrected chi connectivity index (χ0v) is 7.71. The fourth-order valence-electron chi connectivity index (χ4n) is 1.14. The molecule has 1 saturated carbocycles. The number of halogens is 3. The first-order chi connectivity index (χ1) is 6.98. The van der Waals surface area contributed by atoms with Crippen LogP contribution in [0, 0.1) is 0 Å². The lowest BCUT2D eigenvalue weighted by molar-refractivity contribution is -0.137. The van der Waals surface area contributed by atoms with E-state index >= 15 is 0 Å². The Bertz CT molecular complexity index is 374. The summed E-state index contributed by atoms with van der Waals surface area (Å²) in [6.45, 7) is 0. The van der Waals surface area contributed by atoms with Crippen LogP contribution < -0.4 is 10.5 Å². The number of aromatic nitrogens is 1. The minimum absolute atomic E-state index is 0.00224. The molecule has 1 fully saturated rings. The molecule has 6 heteroatoms. The highest BCUT2D eigenvalue weighted by atomic mass is 19.4. The van der Waals surface area contributed by atoms with Gasteiger partial charge in [-0.3, -0.25) is 4.98 Å². The van der Waals surface area contributed by atoms with Crippen molar-refractivity contribution in [1.29, 1.82) is 0 Å². The topological polar surface area (TPSA) is 48.1 Å². The SMILES string of the molecule is Nc1c(OC2CC2)cncc1C(F)(F)F. The summed E-state index contributed by atoms with van der Waals surface area (Å²) < 4.78 is 42.4. The Hall–Kier alpha value is -1.46. The van der Waals surface area contributed by atoms with Crippen LogP contribution in [0.5, 0.6) is 5.75 Å². The van der Waals surface area contributed by atoms with E-state index in [9.17, 15) is 13.2 Å². The Morgan fingerprint density at radius 1 is 1.33 bits per heavy atom. The van der Waals surface area contributed by atoms with Crippen LogP contribution in [0.15, 0.2) is 12.4 Å². The standard InChI is InChI=1S/C9H9F3N2O/c10-9(11,12)6-3-14-4-7(8(6)13)15-5-1-2-5/h3-5H,1-2H2,(H2,13,14). The molecule has 2 rings (SSSR count). The first-order valence-electron chi connectivity index (χ1n) is 4.46. The van der Waals surface area contributed by atoms with E-state index in [0.717, 1.165) is 12.8 Å². The third kappa shape index (κ3) is 2.14. The summed E-state index contributed by atoms with van der Waals surface area (Å²) in [5.74, 6) is 0.0207. The predicted molar refractivity (Wildman–Crippen MR) is 47.3 cm³/mol. The first-order valence-corrected chi connectivity index (χ1v) is 4.46. The molecule has 1 aliphatic rings. The van der Waals surface area contributed by atoms with E-state index in [1.54, 1.807) is 0 Å². The minimum atomic E-state index is -4.49. The molecule has 0 aromatic carbocycles. The van der Waals surface area contributed by atoms with Crippen LogP contribution in [0.4, 0.5) is 18.9 Å². The van der Waals surface area contributed by atoms with E-state index in [2.05, 4.69) is 4.98 Å². The van der Waals surface area contributed by atoms with Gasteiger partial charge in [-0.05, 0) is 12.8 Å². The maximum absolute atomic E-state index is 12.4. The Morgan fingerprint density at radius 2 is 2.00 bits per heavy atom.